The second-order valence-electron chi connectivity index (χ2n) is 3.99. The normalized spacial score (nSPS) is 23.2. The van der Waals surface area contributed by atoms with Gasteiger partial charge in [0, 0.05) is 19.6 Å². The van der Waals surface area contributed by atoms with Gasteiger partial charge >= 0.3 is 0 Å². The third kappa shape index (κ3) is 2.59. The van der Waals surface area contributed by atoms with Gasteiger partial charge in [-0.3, -0.25) is 4.90 Å². The predicted molar refractivity (Wildman–Crippen MR) is 57.5 cm³/mol. The summed E-state index contributed by atoms with van der Waals surface area (Å²) in [6.07, 6.45) is 1.92. The Hall–Kier alpha value is -0.840. The highest BCUT2D eigenvalue weighted by Crippen LogP contribution is 2.14. The molecule has 0 amide bonds. The smallest absolute Gasteiger partial charge is 0.120 e. The number of hydrogen-bond acceptors (Lipinski definition) is 4. The van der Waals surface area contributed by atoms with Gasteiger partial charge in [0.15, 0.2) is 0 Å². The van der Waals surface area contributed by atoms with E-state index in [2.05, 4.69) is 11.8 Å². The SMILES string of the molecule is Cc1ccoc1CN1CCOC(CN)C1. The van der Waals surface area contributed by atoms with Crippen LogP contribution in [0.1, 0.15) is 11.3 Å². The van der Waals surface area contributed by atoms with Crippen molar-refractivity contribution in [1.29, 1.82) is 0 Å². The fraction of sp³-hybridized carbons (Fsp3) is 0.636. The summed E-state index contributed by atoms with van der Waals surface area (Å²) >= 11 is 0. The number of nitrogens with zero attached hydrogens (tertiary/aromatic N) is 1. The topological polar surface area (TPSA) is 51.6 Å². The van der Waals surface area contributed by atoms with Crippen LogP contribution in [-0.4, -0.2) is 37.2 Å². The molecule has 2 rings (SSSR count). The number of aryl methyl sites for hydroxylation is 1. The van der Waals surface area contributed by atoms with Gasteiger partial charge in [-0.15, -0.1) is 0 Å². The summed E-state index contributed by atoms with van der Waals surface area (Å²) in [5.74, 6) is 1.05. The molecule has 1 aromatic heterocycles. The number of morpholine rings is 1. The average molecular weight is 210 g/mol. The molecule has 1 atom stereocenters. The zero-order valence-electron chi connectivity index (χ0n) is 9.11. The van der Waals surface area contributed by atoms with Crippen LogP contribution in [0.15, 0.2) is 16.7 Å². The second-order valence-corrected chi connectivity index (χ2v) is 3.99. The van der Waals surface area contributed by atoms with Crippen molar-refractivity contribution in [2.75, 3.05) is 26.2 Å². The molecule has 1 unspecified atom stereocenters. The molecule has 2 N–H and O–H groups in total. The zero-order valence-corrected chi connectivity index (χ0v) is 9.11. The van der Waals surface area contributed by atoms with E-state index in [0.717, 1.165) is 32.0 Å². The number of rotatable bonds is 3. The van der Waals surface area contributed by atoms with Crippen LogP contribution < -0.4 is 5.73 Å². The maximum atomic E-state index is 5.59. The average Bonchev–Trinajstić information content (AvgIpc) is 2.65. The van der Waals surface area contributed by atoms with E-state index in [-0.39, 0.29) is 6.10 Å². The molecule has 0 aromatic carbocycles. The molecule has 0 aliphatic carbocycles. The molecule has 84 valence electrons. The Morgan fingerprint density at radius 1 is 1.60 bits per heavy atom. The number of furan rings is 1. The second kappa shape index (κ2) is 4.79. The van der Waals surface area contributed by atoms with Crippen molar-refractivity contribution >= 4 is 0 Å². The summed E-state index contributed by atoms with van der Waals surface area (Å²) in [5, 5.41) is 0. The van der Waals surface area contributed by atoms with Gasteiger partial charge in [0.25, 0.3) is 0 Å². The van der Waals surface area contributed by atoms with Gasteiger partial charge in [0.2, 0.25) is 0 Å². The lowest BCUT2D eigenvalue weighted by Gasteiger charge is -2.31. The minimum atomic E-state index is 0.175. The van der Waals surface area contributed by atoms with Gasteiger partial charge in [0.05, 0.1) is 25.5 Å². The maximum Gasteiger partial charge on any atom is 0.120 e. The quantitative estimate of drug-likeness (QED) is 0.799. The number of ether oxygens (including phenoxy) is 1. The molecule has 1 aliphatic heterocycles. The fourth-order valence-corrected chi connectivity index (χ4v) is 1.84. The van der Waals surface area contributed by atoms with Crippen molar-refractivity contribution in [2.24, 2.45) is 5.73 Å². The predicted octanol–water partition coefficient (Wildman–Crippen LogP) is 0.748. The molecule has 15 heavy (non-hydrogen) atoms. The molecule has 1 saturated heterocycles. The Balaban J connectivity index is 1.92. The van der Waals surface area contributed by atoms with Crippen LogP contribution >= 0.6 is 0 Å². The van der Waals surface area contributed by atoms with E-state index in [0.29, 0.717) is 6.54 Å². The van der Waals surface area contributed by atoms with E-state index in [9.17, 15) is 0 Å². The van der Waals surface area contributed by atoms with E-state index < -0.39 is 0 Å². The van der Waals surface area contributed by atoms with Crippen LogP contribution in [0.4, 0.5) is 0 Å². The van der Waals surface area contributed by atoms with Gasteiger partial charge in [-0.25, -0.2) is 0 Å². The summed E-state index contributed by atoms with van der Waals surface area (Å²) in [6, 6.07) is 2.00. The first kappa shape index (κ1) is 10.7. The van der Waals surface area contributed by atoms with Crippen molar-refractivity contribution in [3.05, 3.63) is 23.7 Å². The van der Waals surface area contributed by atoms with Crippen molar-refractivity contribution in [3.8, 4) is 0 Å². The van der Waals surface area contributed by atoms with Crippen molar-refractivity contribution in [2.45, 2.75) is 19.6 Å². The summed E-state index contributed by atoms with van der Waals surface area (Å²) in [5.41, 5.74) is 6.81. The standard InChI is InChI=1S/C11H18N2O2/c1-9-2-4-15-11(9)8-13-3-5-14-10(6-12)7-13/h2,4,10H,3,5-8,12H2,1H3. The Morgan fingerprint density at radius 3 is 3.13 bits per heavy atom. The van der Waals surface area contributed by atoms with Crippen LogP contribution in [0.3, 0.4) is 0 Å². The molecule has 1 aromatic rings. The monoisotopic (exact) mass is 210 g/mol. The van der Waals surface area contributed by atoms with Gasteiger partial charge in [-0.2, -0.15) is 0 Å². The largest absolute Gasteiger partial charge is 0.468 e. The summed E-state index contributed by atoms with van der Waals surface area (Å²) in [7, 11) is 0. The Labute approximate surface area is 90.0 Å². The number of nitrogens with two attached hydrogens (primary N) is 1. The van der Waals surface area contributed by atoms with E-state index in [4.69, 9.17) is 14.9 Å². The lowest BCUT2D eigenvalue weighted by Crippen LogP contribution is -2.45. The van der Waals surface area contributed by atoms with Gasteiger partial charge in [0.1, 0.15) is 5.76 Å². The Kier molecular flexibility index (Phi) is 3.41. The third-order valence-corrected chi connectivity index (χ3v) is 2.82. The molecule has 4 nitrogen and oxygen atoms in total. The van der Waals surface area contributed by atoms with Crippen LogP contribution in [0, 0.1) is 6.92 Å². The molecule has 0 bridgehead atoms. The molecule has 4 heteroatoms. The van der Waals surface area contributed by atoms with Crippen LogP contribution in [0.25, 0.3) is 0 Å². The highest BCUT2D eigenvalue weighted by atomic mass is 16.5. The Bertz CT molecular complexity index is 311. The van der Waals surface area contributed by atoms with E-state index in [1.54, 1.807) is 6.26 Å². The zero-order chi connectivity index (χ0) is 10.7. The minimum absolute atomic E-state index is 0.175. The molecular weight excluding hydrogens is 192 g/mol. The highest BCUT2D eigenvalue weighted by Gasteiger charge is 2.20. The third-order valence-electron chi connectivity index (χ3n) is 2.82. The van der Waals surface area contributed by atoms with E-state index >= 15 is 0 Å². The van der Waals surface area contributed by atoms with Crippen molar-refractivity contribution < 1.29 is 9.15 Å². The van der Waals surface area contributed by atoms with Crippen molar-refractivity contribution in [3.63, 3.8) is 0 Å². The molecule has 0 saturated carbocycles. The van der Waals surface area contributed by atoms with Gasteiger partial charge < -0.3 is 14.9 Å². The molecule has 0 radical (unpaired) electrons. The van der Waals surface area contributed by atoms with Gasteiger partial charge in [-0.05, 0) is 18.6 Å². The number of hydrogen-bond donors (Lipinski definition) is 1. The minimum Gasteiger partial charge on any atom is -0.468 e. The Morgan fingerprint density at radius 2 is 2.47 bits per heavy atom. The molecule has 0 spiro atoms. The first-order valence-corrected chi connectivity index (χ1v) is 5.36. The highest BCUT2D eigenvalue weighted by molar-refractivity contribution is 5.14. The van der Waals surface area contributed by atoms with E-state index in [1.807, 2.05) is 6.07 Å². The lowest BCUT2D eigenvalue weighted by molar-refractivity contribution is -0.0279. The first-order chi connectivity index (χ1) is 7.29. The molecule has 2 heterocycles. The van der Waals surface area contributed by atoms with Gasteiger partial charge in [-0.1, -0.05) is 0 Å². The molecule has 1 aliphatic rings. The van der Waals surface area contributed by atoms with Crippen LogP contribution in [-0.2, 0) is 11.3 Å². The lowest BCUT2D eigenvalue weighted by atomic mass is 10.2. The summed E-state index contributed by atoms with van der Waals surface area (Å²) in [4.78, 5) is 2.33. The fourth-order valence-electron chi connectivity index (χ4n) is 1.84. The summed E-state index contributed by atoms with van der Waals surface area (Å²) < 4.78 is 10.9. The van der Waals surface area contributed by atoms with Crippen molar-refractivity contribution in [1.82, 2.24) is 4.90 Å². The first-order valence-electron chi connectivity index (χ1n) is 5.36. The van der Waals surface area contributed by atoms with Crippen LogP contribution in [0.5, 0.6) is 0 Å². The molecule has 1 fully saturated rings. The maximum absolute atomic E-state index is 5.59. The summed E-state index contributed by atoms with van der Waals surface area (Å²) in [6.45, 7) is 6.14. The molecular formula is C11H18N2O2. The van der Waals surface area contributed by atoms with Crippen LogP contribution in [0.2, 0.25) is 0 Å². The van der Waals surface area contributed by atoms with E-state index in [1.165, 1.54) is 5.56 Å².